The number of carbonyl (C=O) groups excluding carboxylic acids is 2. The number of rotatable bonds is 5. The zero-order valence-electron chi connectivity index (χ0n) is 14.7. The van der Waals surface area contributed by atoms with Crippen LogP contribution in [0.5, 0.6) is 0 Å². The highest BCUT2D eigenvalue weighted by atomic mass is 35.6. The maximum absolute atomic E-state index is 12.7. The number of alkyl halides is 3. The Morgan fingerprint density at radius 2 is 2.00 bits per heavy atom. The summed E-state index contributed by atoms with van der Waals surface area (Å²) in [7, 11) is 0. The number of hydrogen-bond donors (Lipinski definition) is 1. The molecule has 2 heterocycles. The lowest BCUT2D eigenvalue weighted by atomic mass is 10.0. The smallest absolute Gasteiger partial charge is 0.354 e. The number of nitrogens with one attached hydrogen (secondary N) is 1. The van der Waals surface area contributed by atoms with E-state index in [1.54, 1.807) is 17.8 Å². The van der Waals surface area contributed by atoms with E-state index in [2.05, 4.69) is 5.32 Å². The van der Waals surface area contributed by atoms with Gasteiger partial charge < -0.3 is 10.1 Å². The van der Waals surface area contributed by atoms with Crippen molar-refractivity contribution >= 4 is 75.6 Å². The SMILES string of the molecule is CC1C=C(C(=O)OCC(Cl)(Cl)Cl)N2C(=O)C(NC(=S)Cc3ccccc3)[C@H]2S1. The summed E-state index contributed by atoms with van der Waals surface area (Å²) in [4.78, 5) is 27.0. The van der Waals surface area contributed by atoms with Crippen LogP contribution in [-0.2, 0) is 20.7 Å². The number of β-lactam (4-membered cyclic amide) rings is 1. The number of amides is 1. The summed E-state index contributed by atoms with van der Waals surface area (Å²) in [6.07, 6.45) is 2.22. The quantitative estimate of drug-likeness (QED) is 0.301. The number of nitrogens with zero attached hydrogens (tertiary/aromatic N) is 1. The predicted octanol–water partition coefficient (Wildman–Crippen LogP) is 3.62. The topological polar surface area (TPSA) is 58.6 Å². The van der Waals surface area contributed by atoms with Crippen LogP contribution in [0.25, 0.3) is 0 Å². The van der Waals surface area contributed by atoms with Crippen molar-refractivity contribution in [2.45, 2.75) is 33.8 Å². The molecule has 10 heteroatoms. The first-order chi connectivity index (χ1) is 13.2. The third-order valence-electron chi connectivity index (χ3n) is 4.15. The Hall–Kier alpha value is -0.990. The fourth-order valence-corrected chi connectivity index (χ4v) is 4.73. The minimum absolute atomic E-state index is 0.0108. The Kier molecular flexibility index (Phi) is 6.82. The van der Waals surface area contributed by atoms with Gasteiger partial charge in [0, 0.05) is 11.7 Å². The molecule has 1 amide bonds. The maximum Gasteiger partial charge on any atom is 0.354 e. The molecule has 0 radical (unpaired) electrons. The average molecular weight is 480 g/mol. The molecule has 28 heavy (non-hydrogen) atoms. The summed E-state index contributed by atoms with van der Waals surface area (Å²) >= 11 is 23.8. The van der Waals surface area contributed by atoms with Crippen LogP contribution in [0, 0.1) is 0 Å². The van der Waals surface area contributed by atoms with Crippen molar-refractivity contribution in [1.29, 1.82) is 0 Å². The first kappa shape index (κ1) is 21.7. The van der Waals surface area contributed by atoms with Crippen molar-refractivity contribution in [1.82, 2.24) is 10.2 Å². The minimum Gasteiger partial charge on any atom is -0.456 e. The first-order valence-electron chi connectivity index (χ1n) is 8.43. The van der Waals surface area contributed by atoms with Crippen LogP contribution >= 0.6 is 58.8 Å². The van der Waals surface area contributed by atoms with Gasteiger partial charge in [0.2, 0.25) is 3.79 Å². The second-order valence-electron chi connectivity index (χ2n) is 6.39. The number of thioether (sulfide) groups is 1. The van der Waals surface area contributed by atoms with E-state index >= 15 is 0 Å². The van der Waals surface area contributed by atoms with Crippen molar-refractivity contribution in [2.24, 2.45) is 0 Å². The van der Waals surface area contributed by atoms with E-state index in [1.807, 2.05) is 37.3 Å². The van der Waals surface area contributed by atoms with E-state index < -0.39 is 22.4 Å². The Bertz CT molecular complexity index is 814. The highest BCUT2D eigenvalue weighted by molar-refractivity contribution is 8.00. The Labute approximate surface area is 187 Å². The molecule has 1 aromatic carbocycles. The second kappa shape index (κ2) is 8.79. The van der Waals surface area contributed by atoms with Gasteiger partial charge in [-0.1, -0.05) is 77.4 Å². The van der Waals surface area contributed by atoms with Crippen molar-refractivity contribution < 1.29 is 14.3 Å². The van der Waals surface area contributed by atoms with Crippen LogP contribution in [-0.4, -0.2) is 48.8 Å². The molecule has 1 aromatic rings. The Morgan fingerprint density at radius 1 is 1.32 bits per heavy atom. The van der Waals surface area contributed by atoms with Crippen molar-refractivity contribution in [3.05, 3.63) is 47.7 Å². The fraction of sp³-hybridized carbons (Fsp3) is 0.389. The van der Waals surface area contributed by atoms with Crippen LogP contribution in [0.1, 0.15) is 12.5 Å². The van der Waals surface area contributed by atoms with Gasteiger partial charge in [-0.2, -0.15) is 0 Å². The average Bonchev–Trinajstić information content (AvgIpc) is 2.63. The molecule has 0 aliphatic carbocycles. The van der Waals surface area contributed by atoms with Gasteiger partial charge in [0.1, 0.15) is 23.7 Å². The number of carbonyl (C=O) groups is 2. The Morgan fingerprint density at radius 3 is 2.64 bits per heavy atom. The number of thiocarbonyl (C=S) groups is 1. The van der Waals surface area contributed by atoms with Crippen molar-refractivity contribution in [3.63, 3.8) is 0 Å². The molecule has 150 valence electrons. The van der Waals surface area contributed by atoms with Gasteiger partial charge in [-0.3, -0.25) is 9.69 Å². The normalized spacial score (nSPS) is 24.0. The van der Waals surface area contributed by atoms with Crippen molar-refractivity contribution in [3.8, 4) is 0 Å². The number of fused-ring (bicyclic) bond motifs is 1. The lowest BCUT2D eigenvalue weighted by Crippen LogP contribution is -2.70. The highest BCUT2D eigenvalue weighted by Gasteiger charge is 2.53. The number of halogens is 3. The van der Waals surface area contributed by atoms with Crippen LogP contribution in [0.2, 0.25) is 0 Å². The fourth-order valence-electron chi connectivity index (χ4n) is 2.95. The summed E-state index contributed by atoms with van der Waals surface area (Å²) in [5.74, 6) is -0.931. The van der Waals surface area contributed by atoms with Crippen LogP contribution in [0.3, 0.4) is 0 Å². The summed E-state index contributed by atoms with van der Waals surface area (Å²) in [6, 6.07) is 9.26. The monoisotopic (exact) mass is 478 g/mol. The van der Waals surface area contributed by atoms with E-state index in [-0.39, 0.29) is 22.2 Å². The molecule has 0 saturated carbocycles. The van der Waals surface area contributed by atoms with Crippen LogP contribution < -0.4 is 5.32 Å². The maximum atomic E-state index is 12.7. The molecule has 3 rings (SSSR count). The summed E-state index contributed by atoms with van der Waals surface area (Å²) < 4.78 is 3.33. The van der Waals surface area contributed by atoms with Gasteiger partial charge in [-0.05, 0) is 18.6 Å². The van der Waals surface area contributed by atoms with Gasteiger partial charge in [0.25, 0.3) is 5.91 Å². The molecular formula is C18H17Cl3N2O3S2. The number of ether oxygens (including phenoxy) is 1. The second-order valence-corrected chi connectivity index (χ2v) is 10.9. The molecule has 2 aliphatic heterocycles. The lowest BCUT2D eigenvalue weighted by Gasteiger charge is -2.50. The lowest BCUT2D eigenvalue weighted by molar-refractivity contribution is -0.151. The van der Waals surface area contributed by atoms with Gasteiger partial charge in [0.05, 0.1) is 4.99 Å². The molecule has 3 atom stereocenters. The molecule has 5 nitrogen and oxygen atoms in total. The zero-order chi connectivity index (χ0) is 20.5. The molecule has 1 N–H and O–H groups in total. The minimum atomic E-state index is -1.71. The summed E-state index contributed by atoms with van der Waals surface area (Å²) in [5.41, 5.74) is 1.23. The highest BCUT2D eigenvalue weighted by Crippen LogP contribution is 2.41. The predicted molar refractivity (Wildman–Crippen MR) is 117 cm³/mol. The Balaban J connectivity index is 1.64. The van der Waals surface area contributed by atoms with E-state index in [0.29, 0.717) is 11.4 Å². The third-order valence-corrected chi connectivity index (χ3v) is 6.07. The van der Waals surface area contributed by atoms with E-state index in [4.69, 9.17) is 51.8 Å². The van der Waals surface area contributed by atoms with Crippen LogP contribution in [0.4, 0.5) is 0 Å². The van der Waals surface area contributed by atoms with E-state index in [0.717, 1.165) is 5.56 Å². The van der Waals surface area contributed by atoms with Crippen LogP contribution in [0.15, 0.2) is 42.1 Å². The summed E-state index contributed by atoms with van der Waals surface area (Å²) in [6.45, 7) is 1.54. The van der Waals surface area contributed by atoms with E-state index in [9.17, 15) is 9.59 Å². The van der Waals surface area contributed by atoms with E-state index in [1.165, 1.54) is 4.90 Å². The standard InChI is InChI=1S/C18H17Cl3N2O3S2/c1-10-7-12(17(25)26-9-18(19,20)21)23-15(24)14(16(23)28-10)22-13(27)8-11-5-3-2-4-6-11/h2-7,10,14,16H,8-9H2,1H3,(H,22,27)/t10?,14?,16-/m1/s1. The molecule has 2 unspecified atom stereocenters. The molecular weight excluding hydrogens is 463 g/mol. The third kappa shape index (κ3) is 5.13. The number of esters is 1. The molecule has 2 aliphatic rings. The molecule has 1 saturated heterocycles. The number of benzene rings is 1. The van der Waals surface area contributed by atoms with Gasteiger partial charge in [-0.15, -0.1) is 11.8 Å². The summed E-state index contributed by atoms with van der Waals surface area (Å²) in [5, 5.41) is 2.88. The number of hydrogen-bond acceptors (Lipinski definition) is 5. The van der Waals surface area contributed by atoms with Gasteiger partial charge >= 0.3 is 5.97 Å². The molecule has 0 spiro atoms. The molecule has 1 fully saturated rings. The zero-order valence-corrected chi connectivity index (χ0v) is 18.6. The largest absolute Gasteiger partial charge is 0.456 e. The molecule has 0 bridgehead atoms. The van der Waals surface area contributed by atoms with Crippen molar-refractivity contribution in [2.75, 3.05) is 6.61 Å². The van der Waals surface area contributed by atoms with Gasteiger partial charge in [0.15, 0.2) is 0 Å². The first-order valence-corrected chi connectivity index (χ1v) is 10.9. The van der Waals surface area contributed by atoms with Gasteiger partial charge in [-0.25, -0.2) is 4.79 Å². The molecule has 0 aromatic heterocycles.